The molecule has 0 aromatic heterocycles. The Kier molecular flexibility index (Phi) is 6.45. The maximum absolute atomic E-state index is 10.0. The van der Waals surface area contributed by atoms with Crippen LogP contribution < -0.4 is 0 Å². The van der Waals surface area contributed by atoms with Crippen molar-refractivity contribution in [2.24, 2.45) is 10.8 Å². The quantitative estimate of drug-likeness (QED) is 0.665. The van der Waals surface area contributed by atoms with Crippen LogP contribution in [0.25, 0.3) is 0 Å². The maximum Gasteiger partial charge on any atom is 0.303 e. The first-order chi connectivity index (χ1) is 5.98. The average molecular weight is 202 g/mol. The fourth-order valence-corrected chi connectivity index (χ4v) is 0.454. The van der Waals surface area contributed by atoms with Crippen LogP contribution in [0.5, 0.6) is 0 Å². The molecule has 3 heteroatoms. The Morgan fingerprint density at radius 2 is 1.43 bits per heavy atom. The number of aliphatic carboxylic acids is 1. The normalized spacial score (nSPS) is 11.3. The van der Waals surface area contributed by atoms with Gasteiger partial charge in [-0.3, -0.25) is 4.79 Å². The van der Waals surface area contributed by atoms with Gasteiger partial charge in [-0.05, 0) is 5.41 Å². The molecule has 0 aliphatic rings. The number of rotatable bonds is 1. The second-order valence-corrected chi connectivity index (χ2v) is 5.62. The summed E-state index contributed by atoms with van der Waals surface area (Å²) in [5.41, 5.74) is -0.216. The highest BCUT2D eigenvalue weighted by Gasteiger charge is 2.13. The number of carbonyl (C=O) groups is 2. The lowest BCUT2D eigenvalue weighted by Gasteiger charge is -2.13. The van der Waals surface area contributed by atoms with Crippen LogP contribution in [0.3, 0.4) is 0 Å². The SMILES string of the molecule is CC(C)(C)C=O.CC(C)(C)CC(=O)O. The van der Waals surface area contributed by atoms with E-state index < -0.39 is 5.97 Å². The Morgan fingerprint density at radius 3 is 1.43 bits per heavy atom. The molecule has 0 spiro atoms. The molecule has 0 aromatic rings. The summed E-state index contributed by atoms with van der Waals surface area (Å²) in [6.07, 6.45) is 1.18. The minimum Gasteiger partial charge on any atom is -0.481 e. The number of aldehydes is 1. The minimum atomic E-state index is -0.725. The first-order valence-electron chi connectivity index (χ1n) is 4.66. The molecule has 1 N–H and O–H groups in total. The predicted octanol–water partition coefficient (Wildman–Crippen LogP) is 2.74. The largest absolute Gasteiger partial charge is 0.481 e. The van der Waals surface area contributed by atoms with Gasteiger partial charge in [-0.15, -0.1) is 0 Å². The molecule has 0 heterocycles. The molecule has 3 nitrogen and oxygen atoms in total. The van der Waals surface area contributed by atoms with Crippen molar-refractivity contribution in [2.45, 2.75) is 48.0 Å². The molecule has 0 radical (unpaired) electrons. The van der Waals surface area contributed by atoms with Crippen LogP contribution in [-0.4, -0.2) is 17.4 Å². The summed E-state index contributed by atoms with van der Waals surface area (Å²) in [6.45, 7) is 11.3. The van der Waals surface area contributed by atoms with E-state index in [1.165, 1.54) is 0 Å². The number of carboxylic acid groups (broad SMARTS) is 1. The van der Waals surface area contributed by atoms with Crippen molar-refractivity contribution in [3.8, 4) is 0 Å². The topological polar surface area (TPSA) is 54.4 Å². The predicted molar refractivity (Wildman–Crippen MR) is 57.2 cm³/mol. The zero-order valence-electron chi connectivity index (χ0n) is 10.0. The second-order valence-electron chi connectivity index (χ2n) is 5.62. The molecule has 0 fully saturated rings. The third kappa shape index (κ3) is 22.5. The average Bonchev–Trinajstić information content (AvgIpc) is 1.81. The molecule has 84 valence electrons. The van der Waals surface area contributed by atoms with Crippen LogP contribution in [0.1, 0.15) is 48.0 Å². The summed E-state index contributed by atoms with van der Waals surface area (Å²) in [7, 11) is 0. The van der Waals surface area contributed by atoms with E-state index in [1.54, 1.807) is 0 Å². The van der Waals surface area contributed by atoms with Crippen LogP contribution in [0, 0.1) is 10.8 Å². The summed E-state index contributed by atoms with van der Waals surface area (Å²) < 4.78 is 0. The molecular formula is C11H22O3. The summed E-state index contributed by atoms with van der Waals surface area (Å²) in [6, 6.07) is 0. The van der Waals surface area contributed by atoms with Gasteiger partial charge in [-0.1, -0.05) is 41.5 Å². The Bertz CT molecular complexity index is 182. The Balaban J connectivity index is 0. The van der Waals surface area contributed by atoms with Crippen molar-refractivity contribution in [2.75, 3.05) is 0 Å². The zero-order chi connectivity index (χ0) is 12.0. The van der Waals surface area contributed by atoms with Crippen molar-refractivity contribution < 1.29 is 14.7 Å². The highest BCUT2D eigenvalue weighted by atomic mass is 16.4. The fourth-order valence-electron chi connectivity index (χ4n) is 0.454. The minimum absolute atomic E-state index is 0.0775. The smallest absolute Gasteiger partial charge is 0.303 e. The number of hydrogen-bond acceptors (Lipinski definition) is 2. The number of hydrogen-bond donors (Lipinski definition) is 1. The molecule has 0 amide bonds. The second kappa shape index (κ2) is 5.78. The Hall–Kier alpha value is -0.860. The number of carbonyl (C=O) groups excluding carboxylic acids is 1. The lowest BCUT2D eigenvalue weighted by molar-refractivity contribution is -0.139. The van der Waals surface area contributed by atoms with E-state index in [9.17, 15) is 9.59 Å². The Morgan fingerprint density at radius 1 is 1.14 bits per heavy atom. The van der Waals surface area contributed by atoms with Gasteiger partial charge >= 0.3 is 5.97 Å². The summed E-state index contributed by atoms with van der Waals surface area (Å²) in [5, 5.41) is 8.25. The first-order valence-corrected chi connectivity index (χ1v) is 4.66. The molecule has 0 saturated heterocycles. The molecule has 0 aliphatic heterocycles. The van der Waals surface area contributed by atoms with E-state index >= 15 is 0 Å². The van der Waals surface area contributed by atoms with Crippen molar-refractivity contribution in [1.82, 2.24) is 0 Å². The molecule has 14 heavy (non-hydrogen) atoms. The summed E-state index contributed by atoms with van der Waals surface area (Å²) in [4.78, 5) is 19.8. The van der Waals surface area contributed by atoms with Gasteiger partial charge in [0.1, 0.15) is 6.29 Å². The summed E-state index contributed by atoms with van der Waals surface area (Å²) >= 11 is 0. The van der Waals surface area contributed by atoms with Crippen LogP contribution >= 0.6 is 0 Å². The van der Waals surface area contributed by atoms with E-state index in [0.717, 1.165) is 6.29 Å². The van der Waals surface area contributed by atoms with Gasteiger partial charge in [0.2, 0.25) is 0 Å². The van der Waals surface area contributed by atoms with Gasteiger partial charge in [0, 0.05) is 5.41 Å². The third-order valence-corrected chi connectivity index (χ3v) is 1.04. The van der Waals surface area contributed by atoms with E-state index in [1.807, 2.05) is 41.5 Å². The molecular weight excluding hydrogens is 180 g/mol. The van der Waals surface area contributed by atoms with Gasteiger partial charge in [-0.25, -0.2) is 0 Å². The number of carboxylic acids is 1. The van der Waals surface area contributed by atoms with Gasteiger partial charge in [-0.2, -0.15) is 0 Å². The monoisotopic (exact) mass is 202 g/mol. The lowest BCUT2D eigenvalue weighted by atomic mass is 9.93. The lowest BCUT2D eigenvalue weighted by Crippen LogP contribution is -2.11. The van der Waals surface area contributed by atoms with Crippen molar-refractivity contribution in [3.05, 3.63) is 0 Å². The Labute approximate surface area is 86.5 Å². The molecule has 0 atom stereocenters. The summed E-state index contributed by atoms with van der Waals surface area (Å²) in [5.74, 6) is -0.725. The fraction of sp³-hybridized carbons (Fsp3) is 0.818. The van der Waals surface area contributed by atoms with Crippen molar-refractivity contribution >= 4 is 12.3 Å². The van der Waals surface area contributed by atoms with Crippen LogP contribution in [-0.2, 0) is 9.59 Å². The van der Waals surface area contributed by atoms with E-state index in [0.29, 0.717) is 0 Å². The molecule has 0 unspecified atom stereocenters. The van der Waals surface area contributed by atoms with Crippen molar-refractivity contribution in [1.29, 1.82) is 0 Å². The molecule has 0 aromatic carbocycles. The van der Waals surface area contributed by atoms with Crippen LogP contribution in [0.2, 0.25) is 0 Å². The standard InChI is InChI=1S/C6H12O2.C5H10O/c1-6(2,3)4-5(7)8;1-5(2,3)4-6/h4H2,1-3H3,(H,7,8);4H,1-3H3. The molecule has 0 bridgehead atoms. The van der Waals surface area contributed by atoms with Gasteiger partial charge < -0.3 is 9.90 Å². The molecule has 0 rings (SSSR count). The van der Waals surface area contributed by atoms with Gasteiger partial charge in [0.05, 0.1) is 6.42 Å². The van der Waals surface area contributed by atoms with E-state index in [4.69, 9.17) is 5.11 Å². The molecule has 0 saturated carbocycles. The highest BCUT2D eigenvalue weighted by Crippen LogP contribution is 2.17. The zero-order valence-corrected chi connectivity index (χ0v) is 10.0. The van der Waals surface area contributed by atoms with E-state index in [-0.39, 0.29) is 17.3 Å². The highest BCUT2D eigenvalue weighted by molar-refractivity contribution is 5.67. The first kappa shape index (κ1) is 15.6. The van der Waals surface area contributed by atoms with Crippen molar-refractivity contribution in [3.63, 3.8) is 0 Å². The molecule has 0 aliphatic carbocycles. The van der Waals surface area contributed by atoms with Crippen LogP contribution in [0.15, 0.2) is 0 Å². The van der Waals surface area contributed by atoms with Gasteiger partial charge in [0.15, 0.2) is 0 Å². The maximum atomic E-state index is 10.0. The van der Waals surface area contributed by atoms with Gasteiger partial charge in [0.25, 0.3) is 0 Å². The van der Waals surface area contributed by atoms with Crippen LogP contribution in [0.4, 0.5) is 0 Å². The third-order valence-electron chi connectivity index (χ3n) is 1.04. The van der Waals surface area contributed by atoms with E-state index in [2.05, 4.69) is 0 Å².